The number of nitrogens with zero attached hydrogens (tertiary/aromatic N) is 2. The number of methoxy groups -OCH3 is 1. The highest BCUT2D eigenvalue weighted by Crippen LogP contribution is 2.46. The van der Waals surface area contributed by atoms with Crippen molar-refractivity contribution in [1.82, 2.24) is 9.88 Å². The van der Waals surface area contributed by atoms with Crippen molar-refractivity contribution in [3.05, 3.63) is 64.1 Å². The highest BCUT2D eigenvalue weighted by atomic mass is 35.5. The summed E-state index contributed by atoms with van der Waals surface area (Å²) in [6, 6.07) is 15.0. The number of esters is 1. The molecule has 1 aliphatic carbocycles. The Hall–Kier alpha value is -2.48. The molecule has 8 heteroatoms. The van der Waals surface area contributed by atoms with Crippen LogP contribution in [0.4, 0.5) is 0 Å². The second kappa shape index (κ2) is 8.81. The molecule has 166 valence electrons. The number of aromatic nitrogens is 1. The number of fused-ring (bicyclic) bond motifs is 1. The number of thiazole rings is 1. The maximum Gasteiger partial charge on any atom is 0.308 e. The first-order valence-corrected chi connectivity index (χ1v) is 11.9. The summed E-state index contributed by atoms with van der Waals surface area (Å²) in [5.41, 5.74) is 1.75. The molecule has 3 unspecified atom stereocenters. The SMILES string of the molecule is COC(=O)CC1OC(c2cccc(Cl)c2)C(c2nc3ccccc3s2)N(CC2CC2)C1=O. The molecule has 0 N–H and O–H groups in total. The summed E-state index contributed by atoms with van der Waals surface area (Å²) in [5, 5.41) is 1.41. The quantitative estimate of drug-likeness (QED) is 0.477. The van der Waals surface area contributed by atoms with Gasteiger partial charge in [-0.05, 0) is 48.6 Å². The summed E-state index contributed by atoms with van der Waals surface area (Å²) in [5.74, 6) is -0.199. The number of rotatable bonds is 6. The standard InChI is InChI=1S/C24H23ClN2O4S/c1-30-20(28)12-18-24(29)27(13-14-9-10-14)21(22(31-18)15-5-4-6-16(25)11-15)23-26-17-7-2-3-8-19(17)32-23/h2-8,11,14,18,21-22H,9-10,12-13H2,1H3. The summed E-state index contributed by atoms with van der Waals surface area (Å²) < 4.78 is 12.2. The van der Waals surface area contributed by atoms with Crippen molar-refractivity contribution < 1.29 is 19.1 Å². The molecule has 0 spiro atoms. The average molecular weight is 471 g/mol. The fraction of sp³-hybridized carbons (Fsp3) is 0.375. The molecule has 0 radical (unpaired) electrons. The third-order valence-electron chi connectivity index (χ3n) is 5.96. The lowest BCUT2D eigenvalue weighted by atomic mass is 9.96. The Morgan fingerprint density at radius 1 is 1.25 bits per heavy atom. The van der Waals surface area contributed by atoms with E-state index >= 15 is 0 Å². The van der Waals surface area contributed by atoms with Crippen molar-refractivity contribution in [2.45, 2.75) is 37.5 Å². The van der Waals surface area contributed by atoms with Crippen molar-refractivity contribution in [2.24, 2.45) is 5.92 Å². The first-order chi connectivity index (χ1) is 15.5. The van der Waals surface area contributed by atoms with Crippen molar-refractivity contribution in [1.29, 1.82) is 0 Å². The lowest BCUT2D eigenvalue weighted by Gasteiger charge is -2.43. The van der Waals surface area contributed by atoms with E-state index in [-0.39, 0.29) is 12.3 Å². The van der Waals surface area contributed by atoms with Gasteiger partial charge in [-0.15, -0.1) is 11.3 Å². The van der Waals surface area contributed by atoms with Crippen LogP contribution < -0.4 is 0 Å². The Bertz CT molecular complexity index is 1130. The zero-order chi connectivity index (χ0) is 22.2. The van der Waals surface area contributed by atoms with Gasteiger partial charge in [0, 0.05) is 11.6 Å². The predicted octanol–water partition coefficient (Wildman–Crippen LogP) is 4.93. The van der Waals surface area contributed by atoms with Gasteiger partial charge in [0.15, 0.2) is 0 Å². The summed E-state index contributed by atoms with van der Waals surface area (Å²) in [6.07, 6.45) is 0.665. The molecule has 3 aromatic rings. The smallest absolute Gasteiger partial charge is 0.308 e. The molecule has 6 nitrogen and oxygen atoms in total. The Balaban J connectivity index is 1.61. The molecule has 1 saturated carbocycles. The van der Waals surface area contributed by atoms with Gasteiger partial charge in [0.2, 0.25) is 0 Å². The first kappa shape index (κ1) is 21.4. The fourth-order valence-corrected chi connectivity index (χ4v) is 5.48. The topological polar surface area (TPSA) is 68.7 Å². The van der Waals surface area contributed by atoms with E-state index < -0.39 is 24.2 Å². The first-order valence-electron chi connectivity index (χ1n) is 10.7. The number of halogens is 1. The monoisotopic (exact) mass is 470 g/mol. The van der Waals surface area contributed by atoms with Crippen LogP contribution in [0.15, 0.2) is 48.5 Å². The number of benzene rings is 2. The molecule has 2 heterocycles. The Morgan fingerprint density at radius 3 is 2.78 bits per heavy atom. The Morgan fingerprint density at radius 2 is 2.06 bits per heavy atom. The number of para-hydroxylation sites is 1. The molecular weight excluding hydrogens is 448 g/mol. The summed E-state index contributed by atoms with van der Waals surface area (Å²) in [4.78, 5) is 32.3. The van der Waals surface area contributed by atoms with E-state index in [1.165, 1.54) is 7.11 Å². The number of morpholine rings is 1. The van der Waals surface area contributed by atoms with Gasteiger partial charge in [-0.2, -0.15) is 0 Å². The number of amides is 1. The number of hydrogen-bond donors (Lipinski definition) is 0. The van der Waals surface area contributed by atoms with Crippen LogP contribution in [0.25, 0.3) is 10.2 Å². The summed E-state index contributed by atoms with van der Waals surface area (Å²) in [7, 11) is 1.32. The van der Waals surface area contributed by atoms with Gasteiger partial charge in [-0.25, -0.2) is 4.98 Å². The summed E-state index contributed by atoms with van der Waals surface area (Å²) in [6.45, 7) is 0.623. The van der Waals surface area contributed by atoms with E-state index in [2.05, 4.69) is 0 Å². The highest BCUT2D eigenvalue weighted by Gasteiger charge is 2.47. The molecule has 1 aliphatic heterocycles. The minimum atomic E-state index is -0.907. The van der Waals surface area contributed by atoms with Crippen LogP contribution in [-0.2, 0) is 19.1 Å². The molecule has 2 aromatic carbocycles. The van der Waals surface area contributed by atoms with Crippen LogP contribution in [0.3, 0.4) is 0 Å². The molecule has 2 fully saturated rings. The van der Waals surface area contributed by atoms with Crippen molar-refractivity contribution in [3.8, 4) is 0 Å². The van der Waals surface area contributed by atoms with Crippen LogP contribution in [0.5, 0.6) is 0 Å². The zero-order valence-electron chi connectivity index (χ0n) is 17.6. The Labute approximate surface area is 195 Å². The molecule has 1 saturated heterocycles. The largest absolute Gasteiger partial charge is 0.469 e. The highest BCUT2D eigenvalue weighted by molar-refractivity contribution is 7.18. The molecular formula is C24H23ClN2O4S. The lowest BCUT2D eigenvalue weighted by molar-refractivity contribution is -0.179. The van der Waals surface area contributed by atoms with Crippen LogP contribution in [0, 0.1) is 5.92 Å². The minimum absolute atomic E-state index is 0.125. The van der Waals surface area contributed by atoms with E-state index in [0.717, 1.165) is 33.6 Å². The van der Waals surface area contributed by atoms with Gasteiger partial charge in [-0.1, -0.05) is 35.9 Å². The third kappa shape index (κ3) is 4.25. The molecule has 3 atom stereocenters. The zero-order valence-corrected chi connectivity index (χ0v) is 19.1. The third-order valence-corrected chi connectivity index (χ3v) is 7.31. The number of hydrogen-bond acceptors (Lipinski definition) is 6. The van der Waals surface area contributed by atoms with Crippen LogP contribution in [0.1, 0.15) is 42.0 Å². The Kier molecular flexibility index (Phi) is 5.88. The second-order valence-electron chi connectivity index (χ2n) is 8.28. The molecule has 1 aromatic heterocycles. The molecule has 5 rings (SSSR count). The van der Waals surface area contributed by atoms with Gasteiger partial charge >= 0.3 is 5.97 Å². The second-order valence-corrected chi connectivity index (χ2v) is 9.78. The fourth-order valence-electron chi connectivity index (χ4n) is 4.17. The van der Waals surface area contributed by atoms with Crippen LogP contribution in [-0.4, -0.2) is 41.5 Å². The van der Waals surface area contributed by atoms with E-state index in [1.54, 1.807) is 17.4 Å². The predicted molar refractivity (Wildman–Crippen MR) is 122 cm³/mol. The molecule has 1 amide bonds. The van der Waals surface area contributed by atoms with E-state index in [4.69, 9.17) is 26.1 Å². The van der Waals surface area contributed by atoms with Gasteiger partial charge in [0.25, 0.3) is 5.91 Å². The molecule has 32 heavy (non-hydrogen) atoms. The van der Waals surface area contributed by atoms with E-state index in [0.29, 0.717) is 17.5 Å². The maximum atomic E-state index is 13.5. The van der Waals surface area contributed by atoms with Gasteiger partial charge in [0.1, 0.15) is 23.3 Å². The maximum absolute atomic E-state index is 13.5. The number of carbonyl (C=O) groups excluding carboxylic acids is 2. The van der Waals surface area contributed by atoms with Gasteiger partial charge in [0.05, 0.1) is 23.7 Å². The molecule has 2 aliphatic rings. The van der Waals surface area contributed by atoms with Crippen LogP contribution in [0.2, 0.25) is 5.02 Å². The van der Waals surface area contributed by atoms with Crippen molar-refractivity contribution in [2.75, 3.05) is 13.7 Å². The average Bonchev–Trinajstić information content (AvgIpc) is 3.51. The summed E-state index contributed by atoms with van der Waals surface area (Å²) >= 11 is 7.87. The number of ether oxygens (including phenoxy) is 2. The lowest BCUT2D eigenvalue weighted by Crippen LogP contribution is -2.52. The van der Waals surface area contributed by atoms with Gasteiger partial charge in [-0.3, -0.25) is 9.59 Å². The minimum Gasteiger partial charge on any atom is -0.469 e. The van der Waals surface area contributed by atoms with Gasteiger partial charge < -0.3 is 14.4 Å². The number of carbonyl (C=O) groups is 2. The molecule has 0 bridgehead atoms. The normalized spacial score (nSPS) is 23.5. The van der Waals surface area contributed by atoms with E-state index in [1.807, 2.05) is 47.4 Å². The van der Waals surface area contributed by atoms with E-state index in [9.17, 15) is 9.59 Å². The van der Waals surface area contributed by atoms with Crippen LogP contribution >= 0.6 is 22.9 Å². The van der Waals surface area contributed by atoms with Crippen molar-refractivity contribution in [3.63, 3.8) is 0 Å². The van der Waals surface area contributed by atoms with Crippen molar-refractivity contribution >= 4 is 45.0 Å².